The average molecular weight is 390 g/mol. The lowest BCUT2D eigenvalue weighted by atomic mass is 9.74. The highest BCUT2D eigenvalue weighted by molar-refractivity contribution is 5.84. The predicted molar refractivity (Wildman–Crippen MR) is 122 cm³/mol. The van der Waals surface area contributed by atoms with Crippen molar-refractivity contribution < 1.29 is 4.74 Å². The number of fused-ring (bicyclic) bond motifs is 7. The highest BCUT2D eigenvalue weighted by atomic mass is 16.5. The van der Waals surface area contributed by atoms with Crippen LogP contribution < -0.4 is 4.74 Å². The van der Waals surface area contributed by atoms with Crippen LogP contribution in [-0.2, 0) is 19.3 Å². The molecule has 0 amide bonds. The summed E-state index contributed by atoms with van der Waals surface area (Å²) >= 11 is 0. The lowest BCUT2D eigenvalue weighted by Crippen LogP contribution is -2.26. The number of ether oxygens (including phenoxy) is 1. The number of rotatable bonds is 1. The molecule has 1 heterocycles. The van der Waals surface area contributed by atoms with Gasteiger partial charge < -0.3 is 4.74 Å². The molecule has 1 unspecified atom stereocenters. The molecule has 2 atom stereocenters. The van der Waals surface area contributed by atoms with E-state index in [1.54, 1.807) is 11.1 Å². The van der Waals surface area contributed by atoms with Gasteiger partial charge >= 0.3 is 0 Å². The monoisotopic (exact) mass is 389 g/mol. The summed E-state index contributed by atoms with van der Waals surface area (Å²) < 4.78 is 6.55. The summed E-state index contributed by atoms with van der Waals surface area (Å²) in [5.41, 5.74) is 13.3. The standard InChI is InChI=1S/C29H25O/c1-2-7-20-18(5-1)11-13-24-22-9-4-10-26(25(22)15-14-23(20)24)29-17-27-21-8-3-6-19(21)12-16-28(27)30-29/h2-4,7,9,12,14-16,26,29H,1,5-6,10-11,13,17H2/t26?,29-/m0/s1. The third-order valence-electron chi connectivity index (χ3n) is 7.77. The molecule has 0 spiro atoms. The minimum absolute atomic E-state index is 0.226. The van der Waals surface area contributed by atoms with E-state index in [4.69, 9.17) is 4.74 Å². The van der Waals surface area contributed by atoms with E-state index in [9.17, 15) is 0 Å². The Morgan fingerprint density at radius 1 is 0.933 bits per heavy atom. The third-order valence-corrected chi connectivity index (χ3v) is 7.77. The molecule has 0 aromatic heterocycles. The van der Waals surface area contributed by atoms with E-state index in [-0.39, 0.29) is 6.10 Å². The van der Waals surface area contributed by atoms with Gasteiger partial charge in [0.05, 0.1) is 0 Å². The summed E-state index contributed by atoms with van der Waals surface area (Å²) in [5, 5.41) is 0. The second-order valence-electron chi connectivity index (χ2n) is 9.29. The Bertz CT molecular complexity index is 1200. The van der Waals surface area contributed by atoms with Gasteiger partial charge in [0.1, 0.15) is 11.9 Å². The van der Waals surface area contributed by atoms with E-state index in [1.165, 1.54) is 64.6 Å². The smallest absolute Gasteiger partial charge is 0.123 e. The zero-order valence-electron chi connectivity index (χ0n) is 17.2. The predicted octanol–water partition coefficient (Wildman–Crippen LogP) is 6.50. The molecule has 2 aromatic rings. The molecule has 2 aromatic carbocycles. The van der Waals surface area contributed by atoms with Gasteiger partial charge in [-0.25, -0.2) is 0 Å². The van der Waals surface area contributed by atoms with Crippen LogP contribution in [0.15, 0.2) is 54.1 Å². The molecule has 0 N–H and O–H groups in total. The molecule has 1 nitrogen and oxygen atoms in total. The lowest BCUT2D eigenvalue weighted by Gasteiger charge is -2.32. The van der Waals surface area contributed by atoms with Gasteiger partial charge in [0.15, 0.2) is 0 Å². The van der Waals surface area contributed by atoms with E-state index >= 15 is 0 Å². The van der Waals surface area contributed by atoms with Crippen molar-refractivity contribution in [3.63, 3.8) is 0 Å². The molecule has 0 fully saturated rings. The summed E-state index contributed by atoms with van der Waals surface area (Å²) in [5.74, 6) is 1.51. The molecule has 1 aliphatic heterocycles. The summed E-state index contributed by atoms with van der Waals surface area (Å²) in [6, 6.07) is 9.22. The maximum absolute atomic E-state index is 6.55. The molecule has 1 radical (unpaired) electrons. The summed E-state index contributed by atoms with van der Waals surface area (Å²) in [6.45, 7) is 0. The highest BCUT2D eigenvalue weighted by Gasteiger charge is 2.36. The first-order chi connectivity index (χ1) is 14.9. The van der Waals surface area contributed by atoms with Crippen LogP contribution in [0, 0.1) is 6.08 Å². The Hall–Kier alpha value is -2.80. The molecule has 30 heavy (non-hydrogen) atoms. The Kier molecular flexibility index (Phi) is 3.58. The zero-order valence-corrected chi connectivity index (χ0v) is 17.2. The van der Waals surface area contributed by atoms with E-state index in [0.717, 1.165) is 25.0 Å². The Labute approximate surface area is 178 Å². The van der Waals surface area contributed by atoms with Crippen LogP contribution in [0.2, 0.25) is 0 Å². The molecule has 7 rings (SSSR count). The Morgan fingerprint density at radius 2 is 1.93 bits per heavy atom. The third kappa shape index (κ3) is 2.35. The van der Waals surface area contributed by atoms with Crippen LogP contribution in [0.5, 0.6) is 5.75 Å². The van der Waals surface area contributed by atoms with Crippen molar-refractivity contribution in [1.29, 1.82) is 0 Å². The number of hydrogen-bond donors (Lipinski definition) is 0. The number of allylic oxidation sites excluding steroid dienone is 6. The maximum Gasteiger partial charge on any atom is 0.123 e. The van der Waals surface area contributed by atoms with Gasteiger partial charge in [-0.2, -0.15) is 0 Å². The minimum Gasteiger partial charge on any atom is -0.489 e. The average Bonchev–Trinajstić information content (AvgIpc) is 3.44. The SMILES string of the molecule is [C]1=CCc2ccc3c(c21)C[C@@H](C1CC=Cc2c1ccc1c2CCC2=C1C=CCC2)O3. The quantitative estimate of drug-likeness (QED) is 0.541. The fourth-order valence-electron chi connectivity index (χ4n) is 6.30. The van der Waals surface area contributed by atoms with Gasteiger partial charge in [-0.05, 0) is 89.6 Å². The molecule has 0 saturated carbocycles. The van der Waals surface area contributed by atoms with E-state index in [1.807, 2.05) is 0 Å². The van der Waals surface area contributed by atoms with Gasteiger partial charge in [0.2, 0.25) is 0 Å². The molecule has 5 aliphatic rings. The van der Waals surface area contributed by atoms with Crippen LogP contribution in [-0.4, -0.2) is 6.10 Å². The minimum atomic E-state index is 0.226. The largest absolute Gasteiger partial charge is 0.489 e. The van der Waals surface area contributed by atoms with Crippen molar-refractivity contribution in [2.75, 3.05) is 0 Å². The van der Waals surface area contributed by atoms with Crippen molar-refractivity contribution in [3.8, 4) is 5.75 Å². The fourth-order valence-corrected chi connectivity index (χ4v) is 6.30. The van der Waals surface area contributed by atoms with E-state index in [0.29, 0.717) is 5.92 Å². The summed E-state index contributed by atoms with van der Waals surface area (Å²) in [4.78, 5) is 0. The van der Waals surface area contributed by atoms with Crippen molar-refractivity contribution in [3.05, 3.63) is 99.2 Å². The van der Waals surface area contributed by atoms with Gasteiger partial charge in [0.25, 0.3) is 0 Å². The van der Waals surface area contributed by atoms with Crippen molar-refractivity contribution in [2.45, 2.75) is 57.0 Å². The van der Waals surface area contributed by atoms with Crippen LogP contribution in [0.1, 0.15) is 70.5 Å². The maximum atomic E-state index is 6.55. The van der Waals surface area contributed by atoms with Gasteiger partial charge in [0, 0.05) is 17.9 Å². The number of benzene rings is 2. The molecule has 147 valence electrons. The van der Waals surface area contributed by atoms with Crippen LogP contribution in [0.25, 0.3) is 11.6 Å². The van der Waals surface area contributed by atoms with Gasteiger partial charge in [-0.15, -0.1) is 0 Å². The van der Waals surface area contributed by atoms with Gasteiger partial charge in [-0.1, -0.05) is 54.2 Å². The first-order valence-electron chi connectivity index (χ1n) is 11.5. The van der Waals surface area contributed by atoms with Crippen molar-refractivity contribution >= 4 is 11.6 Å². The molecule has 0 bridgehead atoms. The topological polar surface area (TPSA) is 9.23 Å². The first kappa shape index (κ1) is 16.9. The molecule has 1 heteroatoms. The Balaban J connectivity index is 1.27. The molecular formula is C29H25O. The van der Waals surface area contributed by atoms with Crippen molar-refractivity contribution in [1.82, 2.24) is 0 Å². The van der Waals surface area contributed by atoms with Crippen molar-refractivity contribution in [2.24, 2.45) is 0 Å². The van der Waals surface area contributed by atoms with E-state index in [2.05, 4.69) is 60.7 Å². The Morgan fingerprint density at radius 3 is 2.93 bits per heavy atom. The van der Waals surface area contributed by atoms with Crippen LogP contribution in [0.3, 0.4) is 0 Å². The highest BCUT2D eigenvalue weighted by Crippen LogP contribution is 2.46. The first-order valence-corrected chi connectivity index (χ1v) is 11.5. The molecule has 4 aliphatic carbocycles. The lowest BCUT2D eigenvalue weighted by molar-refractivity contribution is 0.197. The zero-order chi connectivity index (χ0) is 19.7. The fraction of sp³-hybridized carbons (Fsp3) is 0.310. The van der Waals surface area contributed by atoms with Crippen LogP contribution >= 0.6 is 0 Å². The van der Waals surface area contributed by atoms with Crippen LogP contribution in [0.4, 0.5) is 0 Å². The molecule has 0 saturated heterocycles. The van der Waals surface area contributed by atoms with Gasteiger partial charge in [-0.3, -0.25) is 0 Å². The summed E-state index contributed by atoms with van der Waals surface area (Å²) in [7, 11) is 0. The van der Waals surface area contributed by atoms with E-state index < -0.39 is 0 Å². The number of hydrogen-bond acceptors (Lipinski definition) is 1. The molecular weight excluding hydrogens is 364 g/mol. The second kappa shape index (κ2) is 6.35. The normalized spacial score (nSPS) is 24.8. The second-order valence-corrected chi connectivity index (χ2v) is 9.29. The summed E-state index contributed by atoms with van der Waals surface area (Å²) in [6.07, 6.45) is 23.3.